The topological polar surface area (TPSA) is 88.9 Å². The Morgan fingerprint density at radius 2 is 2.00 bits per heavy atom. The maximum atomic E-state index is 14.8. The molecule has 3 aromatic rings. The minimum atomic E-state index is -0.438. The Bertz CT molecular complexity index is 1210. The summed E-state index contributed by atoms with van der Waals surface area (Å²) in [6.07, 6.45) is 6.16. The van der Waals surface area contributed by atoms with Crippen molar-refractivity contribution < 1.29 is 14.0 Å². The van der Waals surface area contributed by atoms with Gasteiger partial charge in [0.1, 0.15) is 11.3 Å². The molecule has 0 spiro atoms. The van der Waals surface area contributed by atoms with Crippen molar-refractivity contribution in [2.75, 3.05) is 5.32 Å². The molecule has 1 aromatic carbocycles. The van der Waals surface area contributed by atoms with Gasteiger partial charge >= 0.3 is 0 Å². The molecule has 1 saturated carbocycles. The van der Waals surface area contributed by atoms with Crippen LogP contribution in [0.15, 0.2) is 30.7 Å². The van der Waals surface area contributed by atoms with E-state index in [0.717, 1.165) is 19.3 Å². The van der Waals surface area contributed by atoms with Crippen LogP contribution in [0.3, 0.4) is 0 Å². The van der Waals surface area contributed by atoms with E-state index in [9.17, 15) is 14.0 Å². The molecule has 1 fully saturated rings. The van der Waals surface area contributed by atoms with Gasteiger partial charge in [-0.3, -0.25) is 9.59 Å². The van der Waals surface area contributed by atoms with Crippen molar-refractivity contribution in [3.05, 3.63) is 41.6 Å². The molecule has 2 amide bonds. The number of imidazole rings is 1. The average molecular weight is 472 g/mol. The van der Waals surface area contributed by atoms with Gasteiger partial charge in [-0.15, -0.1) is 0 Å². The van der Waals surface area contributed by atoms with E-state index in [1.807, 2.05) is 24.5 Å². The Balaban J connectivity index is 1.59. The second-order valence-corrected chi connectivity index (χ2v) is 9.28. The van der Waals surface area contributed by atoms with Crippen LogP contribution in [0, 0.1) is 11.7 Å². The largest absolute Gasteiger partial charge is 0.354 e. The molecular formula is C24H27ClFN5O2. The fourth-order valence-corrected chi connectivity index (χ4v) is 4.67. The number of anilines is 1. The van der Waals surface area contributed by atoms with E-state index in [2.05, 4.69) is 20.6 Å². The molecule has 0 radical (unpaired) electrons. The molecule has 0 saturated heterocycles. The van der Waals surface area contributed by atoms with Crippen LogP contribution in [0.4, 0.5) is 10.2 Å². The first-order valence-electron chi connectivity index (χ1n) is 11.1. The summed E-state index contributed by atoms with van der Waals surface area (Å²) in [6.45, 7) is 5.48. The lowest BCUT2D eigenvalue weighted by Crippen LogP contribution is -2.40. The minimum Gasteiger partial charge on any atom is -0.354 e. The Hall–Kier alpha value is -3.00. The van der Waals surface area contributed by atoms with E-state index in [0.29, 0.717) is 39.4 Å². The lowest BCUT2D eigenvalue weighted by molar-refractivity contribution is -0.123. The molecule has 0 unspecified atom stereocenters. The van der Waals surface area contributed by atoms with Gasteiger partial charge in [-0.2, -0.15) is 0 Å². The number of nitrogens with zero attached hydrogens (tertiary/aromatic N) is 3. The second-order valence-electron chi connectivity index (χ2n) is 8.87. The van der Waals surface area contributed by atoms with Crippen molar-refractivity contribution >= 4 is 40.3 Å². The highest BCUT2D eigenvalue weighted by Gasteiger charge is 2.28. The van der Waals surface area contributed by atoms with E-state index in [1.54, 1.807) is 12.4 Å². The minimum absolute atomic E-state index is 0.00116. The molecule has 2 N–H and O–H groups in total. The lowest BCUT2D eigenvalue weighted by Gasteiger charge is -2.28. The highest BCUT2D eigenvalue weighted by Crippen LogP contribution is 2.34. The summed E-state index contributed by atoms with van der Waals surface area (Å²) in [7, 11) is 0. The van der Waals surface area contributed by atoms with Crippen LogP contribution in [0.5, 0.6) is 0 Å². The van der Waals surface area contributed by atoms with Gasteiger partial charge in [0.15, 0.2) is 5.82 Å². The lowest BCUT2D eigenvalue weighted by atomic mass is 9.85. The molecule has 2 heterocycles. The number of aromatic nitrogens is 3. The Labute approximate surface area is 196 Å². The third-order valence-corrected chi connectivity index (χ3v) is 6.36. The first-order chi connectivity index (χ1) is 15.7. The normalized spacial score (nSPS) is 18.5. The van der Waals surface area contributed by atoms with Gasteiger partial charge in [-0.05, 0) is 56.9 Å². The van der Waals surface area contributed by atoms with Gasteiger partial charge in [-0.25, -0.2) is 14.4 Å². The fourth-order valence-electron chi connectivity index (χ4n) is 4.46. The van der Waals surface area contributed by atoms with Crippen molar-refractivity contribution in [2.45, 2.75) is 58.5 Å². The Morgan fingerprint density at radius 1 is 1.21 bits per heavy atom. The number of fused-ring (bicyclic) bond motifs is 1. The summed E-state index contributed by atoms with van der Waals surface area (Å²) >= 11 is 6.40. The molecule has 0 bridgehead atoms. The zero-order valence-corrected chi connectivity index (χ0v) is 19.6. The van der Waals surface area contributed by atoms with Gasteiger partial charge < -0.3 is 15.2 Å². The van der Waals surface area contributed by atoms with Crippen LogP contribution in [0.2, 0.25) is 5.02 Å². The first kappa shape index (κ1) is 23.2. The zero-order chi connectivity index (χ0) is 23.7. The van der Waals surface area contributed by atoms with E-state index in [1.165, 1.54) is 19.2 Å². The van der Waals surface area contributed by atoms with E-state index in [4.69, 9.17) is 11.6 Å². The summed E-state index contributed by atoms with van der Waals surface area (Å²) in [5, 5.41) is 6.12. The second kappa shape index (κ2) is 9.47. The molecule has 7 nitrogen and oxygen atoms in total. The van der Waals surface area contributed by atoms with E-state index >= 15 is 0 Å². The number of halogens is 2. The summed E-state index contributed by atoms with van der Waals surface area (Å²) in [5.74, 6) is -0.547. The van der Waals surface area contributed by atoms with Crippen molar-refractivity contribution in [3.8, 4) is 11.1 Å². The smallest absolute Gasteiger partial charge is 0.228 e. The third-order valence-electron chi connectivity index (χ3n) is 6.06. The van der Waals surface area contributed by atoms with Gasteiger partial charge in [0.05, 0.1) is 16.9 Å². The third kappa shape index (κ3) is 5.00. The Morgan fingerprint density at radius 3 is 2.73 bits per heavy atom. The van der Waals surface area contributed by atoms with Gasteiger partial charge in [-0.1, -0.05) is 18.0 Å². The van der Waals surface area contributed by atoms with Crippen molar-refractivity contribution in [1.29, 1.82) is 0 Å². The van der Waals surface area contributed by atoms with Crippen LogP contribution >= 0.6 is 11.6 Å². The standard InChI is InChI=1S/C24H27ClFN5O2/c1-13(2)31-12-28-23-20(26)8-16(9-21(23)31)18-10-22(27-11-19(18)25)30-24(33)15-5-4-6-17(7-15)29-14(3)32/h8-13,15,17H,4-7H2,1-3H3,(H,29,32)(H,27,30,33)/t15-,17+/m0/s1. The highest BCUT2D eigenvalue weighted by molar-refractivity contribution is 6.33. The number of carbonyl (C=O) groups excluding carboxylic acids is 2. The first-order valence-corrected chi connectivity index (χ1v) is 11.5. The van der Waals surface area contributed by atoms with Crippen molar-refractivity contribution in [1.82, 2.24) is 19.9 Å². The summed E-state index contributed by atoms with van der Waals surface area (Å²) in [5.41, 5.74) is 2.12. The maximum Gasteiger partial charge on any atom is 0.228 e. The number of hydrogen-bond acceptors (Lipinski definition) is 4. The fraction of sp³-hybridized carbons (Fsp3) is 0.417. The SMILES string of the molecule is CC(=O)N[C@@H]1CCC[C@H](C(=O)Nc2cc(-c3cc(F)c4ncn(C(C)C)c4c3)c(Cl)cn2)C1. The molecule has 4 rings (SSSR count). The zero-order valence-electron chi connectivity index (χ0n) is 18.9. The van der Waals surface area contributed by atoms with Crippen LogP contribution in [-0.2, 0) is 9.59 Å². The van der Waals surface area contributed by atoms with Gasteiger partial charge in [0.25, 0.3) is 0 Å². The predicted octanol–water partition coefficient (Wildman–Crippen LogP) is 5.11. The number of pyridine rings is 1. The van der Waals surface area contributed by atoms with Gasteiger partial charge in [0, 0.05) is 36.7 Å². The molecule has 1 aliphatic carbocycles. The molecular weight excluding hydrogens is 445 g/mol. The molecule has 174 valence electrons. The summed E-state index contributed by atoms with van der Waals surface area (Å²) in [4.78, 5) is 32.7. The molecule has 0 aliphatic heterocycles. The molecule has 2 atom stereocenters. The maximum absolute atomic E-state index is 14.8. The predicted molar refractivity (Wildman–Crippen MR) is 127 cm³/mol. The highest BCUT2D eigenvalue weighted by atomic mass is 35.5. The van der Waals surface area contributed by atoms with Crippen LogP contribution in [0.1, 0.15) is 52.5 Å². The van der Waals surface area contributed by atoms with Crippen LogP contribution in [0.25, 0.3) is 22.2 Å². The van der Waals surface area contributed by atoms with Gasteiger partial charge in [0.2, 0.25) is 11.8 Å². The van der Waals surface area contributed by atoms with Crippen molar-refractivity contribution in [2.24, 2.45) is 5.92 Å². The molecule has 1 aliphatic rings. The van der Waals surface area contributed by atoms with E-state index < -0.39 is 5.82 Å². The summed E-state index contributed by atoms with van der Waals surface area (Å²) in [6, 6.07) is 5.01. The quantitative estimate of drug-likeness (QED) is 0.541. The number of rotatable bonds is 5. The molecule has 9 heteroatoms. The van der Waals surface area contributed by atoms with Crippen molar-refractivity contribution in [3.63, 3.8) is 0 Å². The van der Waals surface area contributed by atoms with Crippen LogP contribution in [-0.4, -0.2) is 32.4 Å². The number of hydrogen-bond donors (Lipinski definition) is 2. The van der Waals surface area contributed by atoms with E-state index in [-0.39, 0.29) is 29.8 Å². The number of amides is 2. The number of carbonyl (C=O) groups is 2. The molecule has 33 heavy (non-hydrogen) atoms. The number of nitrogens with one attached hydrogen (secondary N) is 2. The number of benzene rings is 1. The molecule has 2 aromatic heterocycles. The monoisotopic (exact) mass is 471 g/mol. The Kier molecular flexibility index (Phi) is 6.65. The van der Waals surface area contributed by atoms with Crippen LogP contribution < -0.4 is 10.6 Å². The average Bonchev–Trinajstić information content (AvgIpc) is 3.20. The summed E-state index contributed by atoms with van der Waals surface area (Å²) < 4.78 is 16.7.